The fraction of sp³-hybridized carbons (Fsp3) is 0.933. The van der Waals surface area contributed by atoms with Crippen molar-refractivity contribution in [2.24, 2.45) is 17.8 Å². The van der Waals surface area contributed by atoms with Crippen LogP contribution in [0.15, 0.2) is 0 Å². The van der Waals surface area contributed by atoms with Crippen molar-refractivity contribution >= 4 is 5.91 Å². The summed E-state index contributed by atoms with van der Waals surface area (Å²) in [6.07, 6.45) is 9.28. The van der Waals surface area contributed by atoms with E-state index < -0.39 is 0 Å². The van der Waals surface area contributed by atoms with Crippen LogP contribution >= 0.6 is 0 Å². The van der Waals surface area contributed by atoms with Crippen molar-refractivity contribution in [2.45, 2.75) is 57.0 Å². The fourth-order valence-electron chi connectivity index (χ4n) is 3.60. The summed E-state index contributed by atoms with van der Waals surface area (Å²) in [5, 5.41) is 3.50. The number of carbonyl (C=O) groups is 1. The SMILES string of the molecule is O=C1C(NC2CC2)CCN1CC(C1CC1)C1CC1. The molecule has 3 saturated carbocycles. The van der Waals surface area contributed by atoms with Crippen LogP contribution in [0.4, 0.5) is 0 Å². The van der Waals surface area contributed by atoms with Gasteiger partial charge in [-0.05, 0) is 62.7 Å². The van der Waals surface area contributed by atoms with Crippen LogP contribution in [-0.4, -0.2) is 36.0 Å². The molecule has 1 amide bonds. The molecule has 0 aromatic rings. The molecule has 4 aliphatic rings. The monoisotopic (exact) mass is 248 g/mol. The quantitative estimate of drug-likeness (QED) is 0.777. The zero-order chi connectivity index (χ0) is 12.1. The number of carbonyl (C=O) groups excluding carboxylic acids is 1. The van der Waals surface area contributed by atoms with E-state index in [-0.39, 0.29) is 6.04 Å². The average molecular weight is 248 g/mol. The molecule has 1 unspecified atom stereocenters. The summed E-state index contributed by atoms with van der Waals surface area (Å²) in [6, 6.07) is 0.804. The van der Waals surface area contributed by atoms with Crippen molar-refractivity contribution in [1.29, 1.82) is 0 Å². The predicted octanol–water partition coefficient (Wildman–Crippen LogP) is 1.78. The highest BCUT2D eigenvalue weighted by Gasteiger charge is 2.44. The van der Waals surface area contributed by atoms with Crippen LogP contribution in [0, 0.1) is 17.8 Å². The lowest BCUT2D eigenvalue weighted by Crippen LogP contribution is -2.41. The van der Waals surface area contributed by atoms with Crippen molar-refractivity contribution in [3.05, 3.63) is 0 Å². The minimum atomic E-state index is 0.150. The molecule has 3 aliphatic carbocycles. The summed E-state index contributed by atoms with van der Waals surface area (Å²) in [5.74, 6) is 3.16. The normalized spacial score (nSPS) is 32.6. The molecule has 18 heavy (non-hydrogen) atoms. The van der Waals surface area contributed by atoms with Crippen LogP contribution in [0.3, 0.4) is 0 Å². The van der Waals surface area contributed by atoms with Crippen LogP contribution in [0.1, 0.15) is 44.9 Å². The zero-order valence-corrected chi connectivity index (χ0v) is 11.1. The second-order valence-corrected chi connectivity index (χ2v) is 6.91. The Morgan fingerprint density at radius 1 is 1.06 bits per heavy atom. The molecular weight excluding hydrogens is 224 g/mol. The maximum atomic E-state index is 12.4. The molecule has 0 spiro atoms. The molecule has 100 valence electrons. The van der Waals surface area contributed by atoms with E-state index in [1.807, 2.05) is 0 Å². The minimum absolute atomic E-state index is 0.150. The molecule has 1 atom stereocenters. The first-order valence-corrected chi connectivity index (χ1v) is 7.86. The van der Waals surface area contributed by atoms with Gasteiger partial charge in [0, 0.05) is 19.1 Å². The van der Waals surface area contributed by atoms with Crippen LogP contribution in [0.2, 0.25) is 0 Å². The molecule has 1 aliphatic heterocycles. The van der Waals surface area contributed by atoms with Gasteiger partial charge in [0.1, 0.15) is 0 Å². The molecule has 1 heterocycles. The average Bonchev–Trinajstić information content (AvgIpc) is 3.24. The van der Waals surface area contributed by atoms with Crippen LogP contribution in [-0.2, 0) is 4.79 Å². The summed E-state index contributed by atoms with van der Waals surface area (Å²) < 4.78 is 0. The van der Waals surface area contributed by atoms with Gasteiger partial charge in [0.15, 0.2) is 0 Å². The minimum Gasteiger partial charge on any atom is -0.341 e. The third-order valence-corrected chi connectivity index (χ3v) is 5.20. The number of hydrogen-bond acceptors (Lipinski definition) is 2. The molecule has 1 saturated heterocycles. The van der Waals surface area contributed by atoms with Gasteiger partial charge in [0.05, 0.1) is 6.04 Å². The first kappa shape index (κ1) is 11.3. The van der Waals surface area contributed by atoms with Gasteiger partial charge in [-0.3, -0.25) is 4.79 Å². The number of amides is 1. The topological polar surface area (TPSA) is 32.3 Å². The van der Waals surface area contributed by atoms with E-state index in [1.165, 1.54) is 38.5 Å². The zero-order valence-electron chi connectivity index (χ0n) is 11.1. The molecule has 0 bridgehead atoms. The number of rotatable bonds is 6. The molecule has 0 radical (unpaired) electrons. The lowest BCUT2D eigenvalue weighted by molar-refractivity contribution is -0.130. The molecule has 3 heteroatoms. The van der Waals surface area contributed by atoms with Gasteiger partial charge in [-0.25, -0.2) is 0 Å². The molecule has 1 N–H and O–H groups in total. The highest BCUT2D eigenvalue weighted by atomic mass is 16.2. The Kier molecular flexibility index (Phi) is 2.65. The summed E-state index contributed by atoms with van der Waals surface area (Å²) >= 11 is 0. The lowest BCUT2D eigenvalue weighted by Gasteiger charge is -2.24. The number of nitrogens with one attached hydrogen (secondary N) is 1. The Morgan fingerprint density at radius 3 is 2.28 bits per heavy atom. The van der Waals surface area contributed by atoms with Crippen molar-refractivity contribution in [3.8, 4) is 0 Å². The van der Waals surface area contributed by atoms with Crippen LogP contribution < -0.4 is 5.32 Å². The number of likely N-dealkylation sites (tertiary alicyclic amines) is 1. The van der Waals surface area contributed by atoms with Crippen LogP contribution in [0.5, 0.6) is 0 Å². The fourth-order valence-corrected chi connectivity index (χ4v) is 3.60. The van der Waals surface area contributed by atoms with E-state index in [1.54, 1.807) is 0 Å². The summed E-state index contributed by atoms with van der Waals surface area (Å²) in [6.45, 7) is 2.07. The molecule has 0 aromatic carbocycles. The van der Waals surface area contributed by atoms with E-state index in [0.717, 1.165) is 37.3 Å². The first-order chi connectivity index (χ1) is 8.81. The first-order valence-electron chi connectivity index (χ1n) is 7.86. The molecule has 4 fully saturated rings. The maximum Gasteiger partial charge on any atom is 0.239 e. The highest BCUT2D eigenvalue weighted by molar-refractivity contribution is 5.84. The number of nitrogens with zero attached hydrogens (tertiary/aromatic N) is 1. The third kappa shape index (κ3) is 2.29. The molecule has 4 rings (SSSR count). The summed E-state index contributed by atoms with van der Waals surface area (Å²) in [5.41, 5.74) is 0. The standard InChI is InChI=1S/C15H24N2O/c18-15-14(16-12-5-6-12)7-8-17(15)9-13(10-1-2-10)11-3-4-11/h10-14,16H,1-9H2. The van der Waals surface area contributed by atoms with Gasteiger partial charge in [-0.2, -0.15) is 0 Å². The Labute approximate surface area is 109 Å². The van der Waals surface area contributed by atoms with Crippen molar-refractivity contribution in [1.82, 2.24) is 10.2 Å². The largest absolute Gasteiger partial charge is 0.341 e. The van der Waals surface area contributed by atoms with Crippen molar-refractivity contribution < 1.29 is 4.79 Å². The second-order valence-electron chi connectivity index (χ2n) is 6.91. The smallest absolute Gasteiger partial charge is 0.239 e. The van der Waals surface area contributed by atoms with E-state index in [2.05, 4.69) is 10.2 Å². The van der Waals surface area contributed by atoms with Gasteiger partial charge >= 0.3 is 0 Å². The van der Waals surface area contributed by atoms with Gasteiger partial charge in [0.25, 0.3) is 0 Å². The Hall–Kier alpha value is -0.570. The maximum absolute atomic E-state index is 12.4. The van der Waals surface area contributed by atoms with Gasteiger partial charge in [0.2, 0.25) is 5.91 Å². The third-order valence-electron chi connectivity index (χ3n) is 5.20. The second kappa shape index (κ2) is 4.22. The summed E-state index contributed by atoms with van der Waals surface area (Å²) in [7, 11) is 0. The molecule has 3 nitrogen and oxygen atoms in total. The molecular formula is C15H24N2O. The van der Waals surface area contributed by atoms with Crippen molar-refractivity contribution in [3.63, 3.8) is 0 Å². The Balaban J connectivity index is 1.34. The highest BCUT2D eigenvalue weighted by Crippen LogP contribution is 2.49. The van der Waals surface area contributed by atoms with E-state index >= 15 is 0 Å². The van der Waals surface area contributed by atoms with Crippen molar-refractivity contribution in [2.75, 3.05) is 13.1 Å². The van der Waals surface area contributed by atoms with E-state index in [0.29, 0.717) is 11.9 Å². The Bertz CT molecular complexity index is 332. The van der Waals surface area contributed by atoms with Crippen LogP contribution in [0.25, 0.3) is 0 Å². The predicted molar refractivity (Wildman–Crippen MR) is 70.1 cm³/mol. The van der Waals surface area contributed by atoms with Gasteiger partial charge < -0.3 is 10.2 Å². The van der Waals surface area contributed by atoms with E-state index in [9.17, 15) is 4.79 Å². The van der Waals surface area contributed by atoms with E-state index in [4.69, 9.17) is 0 Å². The lowest BCUT2D eigenvalue weighted by atomic mass is 9.97. The Morgan fingerprint density at radius 2 is 1.72 bits per heavy atom. The molecule has 0 aromatic heterocycles. The van der Waals surface area contributed by atoms with Gasteiger partial charge in [-0.15, -0.1) is 0 Å². The van der Waals surface area contributed by atoms with Gasteiger partial charge in [-0.1, -0.05) is 0 Å². The number of hydrogen-bond donors (Lipinski definition) is 1. The summed E-state index contributed by atoms with van der Waals surface area (Å²) in [4.78, 5) is 14.5.